The Morgan fingerprint density at radius 1 is 1.31 bits per heavy atom. The monoisotopic (exact) mass is 369 g/mol. The summed E-state index contributed by atoms with van der Waals surface area (Å²) in [5.74, 6) is 0.216. The first kappa shape index (κ1) is 17.9. The number of primary amides is 1. The molecule has 1 amide bonds. The van der Waals surface area contributed by atoms with E-state index in [4.69, 9.17) is 22.4 Å². The molecule has 0 saturated carbocycles. The van der Waals surface area contributed by atoms with Gasteiger partial charge in [0.2, 0.25) is 5.91 Å². The van der Waals surface area contributed by atoms with E-state index in [1.807, 2.05) is 41.2 Å². The zero-order valence-corrected chi connectivity index (χ0v) is 15.4. The van der Waals surface area contributed by atoms with Crippen LogP contribution in [-0.4, -0.2) is 20.7 Å². The van der Waals surface area contributed by atoms with Crippen LogP contribution < -0.4 is 11.1 Å². The zero-order chi connectivity index (χ0) is 18.7. The topological polar surface area (TPSA) is 85.8 Å². The zero-order valence-electron chi connectivity index (χ0n) is 14.6. The van der Waals surface area contributed by atoms with Gasteiger partial charge in [0.1, 0.15) is 5.82 Å². The van der Waals surface area contributed by atoms with Crippen molar-refractivity contribution in [1.29, 1.82) is 0 Å². The summed E-state index contributed by atoms with van der Waals surface area (Å²) in [4.78, 5) is 15.4. The molecule has 2 aromatic heterocycles. The summed E-state index contributed by atoms with van der Waals surface area (Å²) < 4.78 is 1.87. The van der Waals surface area contributed by atoms with Crippen LogP contribution in [0.2, 0.25) is 5.02 Å². The number of nitrogens with two attached hydrogens (primary N) is 1. The molecule has 0 radical (unpaired) electrons. The number of nitrogens with zero attached hydrogens (tertiary/aromatic N) is 3. The molecule has 26 heavy (non-hydrogen) atoms. The minimum atomic E-state index is -0.558. The fraction of sp³-hybridized carbons (Fsp3) is 0.211. The molecule has 3 N–H and O–H groups in total. The Balaban J connectivity index is 1.83. The third-order valence-corrected chi connectivity index (χ3v) is 4.25. The second-order valence-electron chi connectivity index (χ2n) is 6.25. The summed E-state index contributed by atoms with van der Waals surface area (Å²) in [5.41, 5.74) is 8.58. The molecule has 0 spiro atoms. The fourth-order valence-electron chi connectivity index (χ4n) is 2.64. The number of anilines is 1. The van der Waals surface area contributed by atoms with Crippen molar-refractivity contribution in [2.75, 3.05) is 5.32 Å². The molecule has 0 aliphatic heterocycles. The molecule has 7 heteroatoms. The summed E-state index contributed by atoms with van der Waals surface area (Å²) >= 11 is 6.19. The minimum absolute atomic E-state index is 0.275. The van der Waals surface area contributed by atoms with Crippen LogP contribution in [-0.2, 0) is 6.54 Å². The first-order chi connectivity index (χ1) is 12.5. The van der Waals surface area contributed by atoms with Crippen molar-refractivity contribution in [3.63, 3.8) is 0 Å². The van der Waals surface area contributed by atoms with Crippen molar-refractivity contribution in [2.24, 2.45) is 5.73 Å². The van der Waals surface area contributed by atoms with E-state index in [2.05, 4.69) is 24.1 Å². The number of nitrogens with one attached hydrogen (secondary N) is 1. The lowest BCUT2D eigenvalue weighted by atomic mass is 10.1. The van der Waals surface area contributed by atoms with Gasteiger partial charge in [0.15, 0.2) is 0 Å². The number of rotatable bonds is 6. The smallest absolute Gasteiger partial charge is 0.250 e. The van der Waals surface area contributed by atoms with Gasteiger partial charge in [0.25, 0.3) is 0 Å². The van der Waals surface area contributed by atoms with Crippen LogP contribution in [0.3, 0.4) is 0 Å². The number of benzene rings is 1. The average molecular weight is 370 g/mol. The second-order valence-corrected chi connectivity index (χ2v) is 6.65. The van der Waals surface area contributed by atoms with E-state index in [0.29, 0.717) is 17.4 Å². The highest BCUT2D eigenvalue weighted by atomic mass is 35.5. The molecule has 0 saturated heterocycles. The normalized spacial score (nSPS) is 10.9. The van der Waals surface area contributed by atoms with Crippen molar-refractivity contribution < 1.29 is 4.79 Å². The first-order valence-corrected chi connectivity index (χ1v) is 8.66. The SMILES string of the molecule is CC(C)c1nn(-c2ccccc2)cc1CNc1ncc(C(N)=O)cc1Cl. The molecular formula is C19H20ClN5O. The lowest BCUT2D eigenvalue weighted by Crippen LogP contribution is -2.12. The molecule has 0 bridgehead atoms. The van der Waals surface area contributed by atoms with Gasteiger partial charge >= 0.3 is 0 Å². The summed E-state index contributed by atoms with van der Waals surface area (Å²) in [6.07, 6.45) is 3.41. The number of amides is 1. The number of para-hydroxylation sites is 1. The van der Waals surface area contributed by atoms with Gasteiger partial charge in [0, 0.05) is 24.5 Å². The number of hydrogen-bond acceptors (Lipinski definition) is 4. The Bertz CT molecular complexity index is 921. The average Bonchev–Trinajstić information content (AvgIpc) is 3.06. The number of pyridine rings is 1. The number of halogens is 1. The fourth-order valence-corrected chi connectivity index (χ4v) is 2.87. The second kappa shape index (κ2) is 7.58. The molecule has 0 atom stereocenters. The highest BCUT2D eigenvalue weighted by Gasteiger charge is 2.14. The number of carbonyl (C=O) groups is 1. The quantitative estimate of drug-likeness (QED) is 0.692. The summed E-state index contributed by atoms with van der Waals surface area (Å²) in [7, 11) is 0. The van der Waals surface area contributed by atoms with Crippen LogP contribution in [0.1, 0.15) is 41.4 Å². The van der Waals surface area contributed by atoms with Crippen molar-refractivity contribution in [2.45, 2.75) is 26.3 Å². The van der Waals surface area contributed by atoms with Gasteiger partial charge in [0.05, 0.1) is 22.0 Å². The minimum Gasteiger partial charge on any atom is -0.366 e. The van der Waals surface area contributed by atoms with Crippen molar-refractivity contribution >= 4 is 23.3 Å². The van der Waals surface area contributed by atoms with Gasteiger partial charge in [-0.05, 0) is 24.1 Å². The van der Waals surface area contributed by atoms with Crippen LogP contribution in [0.25, 0.3) is 5.69 Å². The number of hydrogen-bond donors (Lipinski definition) is 2. The van der Waals surface area contributed by atoms with E-state index < -0.39 is 5.91 Å². The molecule has 0 aliphatic rings. The molecule has 134 valence electrons. The maximum atomic E-state index is 11.2. The standard InChI is InChI=1S/C19H20ClN5O/c1-12(2)17-14(11-25(24-17)15-6-4-3-5-7-15)10-23-19-16(20)8-13(9-22-19)18(21)26/h3-9,11-12H,10H2,1-2H3,(H2,21,26)(H,22,23). The Labute approximate surface area is 157 Å². The van der Waals surface area contributed by atoms with Crippen LogP contribution >= 0.6 is 11.6 Å². The number of aromatic nitrogens is 3. The molecule has 0 fully saturated rings. The van der Waals surface area contributed by atoms with E-state index in [0.717, 1.165) is 16.9 Å². The van der Waals surface area contributed by atoms with Gasteiger partial charge < -0.3 is 11.1 Å². The summed E-state index contributed by atoms with van der Waals surface area (Å²) in [6.45, 7) is 4.73. The molecule has 6 nitrogen and oxygen atoms in total. The van der Waals surface area contributed by atoms with Gasteiger partial charge in [-0.3, -0.25) is 4.79 Å². The molecule has 1 aromatic carbocycles. The molecular weight excluding hydrogens is 350 g/mol. The predicted molar refractivity (Wildman–Crippen MR) is 103 cm³/mol. The maximum absolute atomic E-state index is 11.2. The maximum Gasteiger partial charge on any atom is 0.250 e. The Morgan fingerprint density at radius 2 is 2.04 bits per heavy atom. The van der Waals surface area contributed by atoms with Gasteiger partial charge in [-0.25, -0.2) is 9.67 Å². The van der Waals surface area contributed by atoms with Crippen molar-refractivity contribution in [3.05, 3.63) is 70.6 Å². The van der Waals surface area contributed by atoms with Crippen LogP contribution in [0.4, 0.5) is 5.82 Å². The number of carbonyl (C=O) groups excluding carboxylic acids is 1. The highest BCUT2D eigenvalue weighted by molar-refractivity contribution is 6.33. The third-order valence-electron chi connectivity index (χ3n) is 3.96. The van der Waals surface area contributed by atoms with Crippen LogP contribution in [0.15, 0.2) is 48.8 Å². The van der Waals surface area contributed by atoms with Gasteiger partial charge in [-0.2, -0.15) is 5.10 Å². The molecule has 3 rings (SSSR count). The largest absolute Gasteiger partial charge is 0.366 e. The van der Waals surface area contributed by atoms with Crippen molar-refractivity contribution in [3.8, 4) is 5.69 Å². The van der Waals surface area contributed by atoms with E-state index >= 15 is 0 Å². The molecule has 0 unspecified atom stereocenters. The van der Waals surface area contributed by atoms with E-state index in [1.165, 1.54) is 12.3 Å². The Morgan fingerprint density at radius 3 is 2.65 bits per heavy atom. The molecule has 2 heterocycles. The highest BCUT2D eigenvalue weighted by Crippen LogP contribution is 2.24. The van der Waals surface area contributed by atoms with E-state index in [9.17, 15) is 4.79 Å². The lowest BCUT2D eigenvalue weighted by Gasteiger charge is -2.09. The third kappa shape index (κ3) is 3.86. The Hall–Kier alpha value is -2.86. The first-order valence-electron chi connectivity index (χ1n) is 8.28. The van der Waals surface area contributed by atoms with Crippen molar-refractivity contribution in [1.82, 2.24) is 14.8 Å². The van der Waals surface area contributed by atoms with Gasteiger partial charge in [-0.1, -0.05) is 43.6 Å². The van der Waals surface area contributed by atoms with E-state index in [-0.39, 0.29) is 11.5 Å². The lowest BCUT2D eigenvalue weighted by molar-refractivity contribution is 0.1000. The van der Waals surface area contributed by atoms with Crippen LogP contribution in [0, 0.1) is 0 Å². The summed E-state index contributed by atoms with van der Waals surface area (Å²) in [5, 5.41) is 8.27. The summed E-state index contributed by atoms with van der Waals surface area (Å²) in [6, 6.07) is 11.5. The van der Waals surface area contributed by atoms with Gasteiger partial charge in [-0.15, -0.1) is 0 Å². The molecule has 0 aliphatic carbocycles. The predicted octanol–water partition coefficient (Wildman–Crippen LogP) is 3.76. The molecule has 3 aromatic rings. The van der Waals surface area contributed by atoms with Crippen LogP contribution in [0.5, 0.6) is 0 Å². The Kier molecular flexibility index (Phi) is 5.23. The van der Waals surface area contributed by atoms with E-state index in [1.54, 1.807) is 0 Å².